The van der Waals surface area contributed by atoms with Crippen molar-refractivity contribution >= 4 is 23.2 Å². The van der Waals surface area contributed by atoms with E-state index in [2.05, 4.69) is 6.92 Å². The van der Waals surface area contributed by atoms with Crippen molar-refractivity contribution in [3.63, 3.8) is 0 Å². The van der Waals surface area contributed by atoms with E-state index in [0.29, 0.717) is 19.6 Å². The fraction of sp³-hybridized carbons (Fsp3) is 0.600. The van der Waals surface area contributed by atoms with E-state index in [1.54, 1.807) is 11.8 Å². The van der Waals surface area contributed by atoms with Crippen molar-refractivity contribution in [2.45, 2.75) is 45.6 Å². The summed E-state index contributed by atoms with van der Waals surface area (Å²) in [5.74, 6) is -0.305. The monoisotopic (exact) mass is 295 g/mol. The summed E-state index contributed by atoms with van der Waals surface area (Å²) in [5, 5.41) is 0. The van der Waals surface area contributed by atoms with Crippen LogP contribution in [0.2, 0.25) is 0 Å². The van der Waals surface area contributed by atoms with Gasteiger partial charge in [-0.3, -0.25) is 4.79 Å². The molecule has 1 aromatic rings. The lowest BCUT2D eigenvalue weighted by molar-refractivity contribution is -0.149. The van der Waals surface area contributed by atoms with Crippen LogP contribution in [0, 0.1) is 0 Å². The number of likely N-dealkylation sites (tertiary alicyclic amines) is 1. The molecule has 1 saturated heterocycles. The smallest absolute Gasteiger partial charge is 0.328 e. The molecule has 0 bridgehead atoms. The van der Waals surface area contributed by atoms with E-state index in [-0.39, 0.29) is 11.9 Å². The van der Waals surface area contributed by atoms with Gasteiger partial charge in [-0.1, -0.05) is 6.92 Å². The molecule has 1 unspecified atom stereocenters. The molecule has 1 fully saturated rings. The SMILES string of the molecule is CCOC(=O)C1CCCCN1C(=O)c1ccc(CC)s1. The highest BCUT2D eigenvalue weighted by atomic mass is 32.1. The number of piperidine rings is 1. The highest BCUT2D eigenvalue weighted by Gasteiger charge is 2.34. The van der Waals surface area contributed by atoms with Crippen molar-refractivity contribution < 1.29 is 14.3 Å². The van der Waals surface area contributed by atoms with Crippen LogP contribution in [0.15, 0.2) is 12.1 Å². The number of rotatable bonds is 4. The Kier molecular flexibility index (Phi) is 5.17. The molecule has 20 heavy (non-hydrogen) atoms. The average molecular weight is 295 g/mol. The quantitative estimate of drug-likeness (QED) is 0.802. The minimum Gasteiger partial charge on any atom is -0.464 e. The third kappa shape index (κ3) is 3.20. The van der Waals surface area contributed by atoms with Gasteiger partial charge in [-0.15, -0.1) is 11.3 Å². The van der Waals surface area contributed by atoms with Gasteiger partial charge in [0.2, 0.25) is 0 Å². The maximum Gasteiger partial charge on any atom is 0.328 e. The number of carbonyl (C=O) groups is 2. The molecule has 1 aromatic heterocycles. The van der Waals surface area contributed by atoms with Crippen molar-refractivity contribution in [2.24, 2.45) is 0 Å². The fourth-order valence-electron chi connectivity index (χ4n) is 2.48. The Hall–Kier alpha value is -1.36. The van der Waals surface area contributed by atoms with Gasteiger partial charge in [-0.05, 0) is 44.7 Å². The van der Waals surface area contributed by atoms with Gasteiger partial charge >= 0.3 is 5.97 Å². The van der Waals surface area contributed by atoms with Crippen molar-refractivity contribution in [1.82, 2.24) is 4.90 Å². The highest BCUT2D eigenvalue weighted by Crippen LogP contribution is 2.24. The van der Waals surface area contributed by atoms with Gasteiger partial charge < -0.3 is 9.64 Å². The Balaban J connectivity index is 2.14. The van der Waals surface area contributed by atoms with E-state index in [1.165, 1.54) is 16.2 Å². The van der Waals surface area contributed by atoms with Crippen LogP contribution >= 0.6 is 11.3 Å². The van der Waals surface area contributed by atoms with Crippen molar-refractivity contribution in [3.05, 3.63) is 21.9 Å². The zero-order valence-corrected chi connectivity index (χ0v) is 12.9. The zero-order valence-electron chi connectivity index (χ0n) is 12.1. The molecule has 5 heteroatoms. The van der Waals surface area contributed by atoms with E-state index in [0.717, 1.165) is 24.1 Å². The molecule has 1 aliphatic rings. The maximum absolute atomic E-state index is 12.6. The Labute approximate surface area is 123 Å². The number of aryl methyl sites for hydroxylation is 1. The zero-order chi connectivity index (χ0) is 14.5. The van der Waals surface area contributed by atoms with Crippen LogP contribution in [-0.4, -0.2) is 36.0 Å². The molecule has 0 radical (unpaired) electrons. The molecule has 1 amide bonds. The normalized spacial score (nSPS) is 18.9. The molecular weight excluding hydrogens is 274 g/mol. The number of esters is 1. The topological polar surface area (TPSA) is 46.6 Å². The number of amides is 1. The minimum absolute atomic E-state index is 0.0348. The van der Waals surface area contributed by atoms with E-state index < -0.39 is 6.04 Å². The molecule has 4 nitrogen and oxygen atoms in total. The summed E-state index contributed by atoms with van der Waals surface area (Å²) in [6.45, 7) is 4.86. The summed E-state index contributed by atoms with van der Waals surface area (Å²) in [6, 6.07) is 3.44. The second-order valence-electron chi connectivity index (χ2n) is 4.88. The molecule has 0 N–H and O–H groups in total. The Morgan fingerprint density at radius 3 is 2.80 bits per heavy atom. The van der Waals surface area contributed by atoms with Gasteiger partial charge in [0.25, 0.3) is 5.91 Å². The average Bonchev–Trinajstić information content (AvgIpc) is 2.95. The molecule has 1 atom stereocenters. The lowest BCUT2D eigenvalue weighted by Crippen LogP contribution is -2.48. The van der Waals surface area contributed by atoms with Crippen LogP contribution in [-0.2, 0) is 16.0 Å². The van der Waals surface area contributed by atoms with Crippen molar-refractivity contribution in [2.75, 3.05) is 13.2 Å². The predicted octanol–water partition coefficient (Wildman–Crippen LogP) is 2.87. The minimum atomic E-state index is -0.414. The second kappa shape index (κ2) is 6.88. The standard InChI is InChI=1S/C15H21NO3S/c1-3-11-8-9-13(20-11)14(17)16-10-6-5-7-12(16)15(18)19-4-2/h8-9,12H,3-7,10H2,1-2H3. The van der Waals surface area contributed by atoms with E-state index in [4.69, 9.17) is 4.74 Å². The Morgan fingerprint density at radius 1 is 1.35 bits per heavy atom. The predicted molar refractivity (Wildman–Crippen MR) is 79.0 cm³/mol. The second-order valence-corrected chi connectivity index (χ2v) is 6.05. The van der Waals surface area contributed by atoms with Crippen molar-refractivity contribution in [3.8, 4) is 0 Å². The van der Waals surface area contributed by atoms with E-state index in [1.807, 2.05) is 12.1 Å². The lowest BCUT2D eigenvalue weighted by atomic mass is 10.0. The molecule has 0 aromatic carbocycles. The van der Waals surface area contributed by atoms with Gasteiger partial charge in [0.05, 0.1) is 11.5 Å². The largest absolute Gasteiger partial charge is 0.464 e. The molecular formula is C15H21NO3S. The number of thiophene rings is 1. The first-order valence-electron chi connectivity index (χ1n) is 7.23. The number of nitrogens with zero attached hydrogens (tertiary/aromatic N) is 1. The summed E-state index contributed by atoms with van der Waals surface area (Å²) >= 11 is 1.52. The summed E-state index contributed by atoms with van der Waals surface area (Å²) < 4.78 is 5.09. The number of hydrogen-bond donors (Lipinski definition) is 0. The third-order valence-electron chi connectivity index (χ3n) is 3.54. The maximum atomic E-state index is 12.6. The van der Waals surface area contributed by atoms with E-state index in [9.17, 15) is 9.59 Å². The summed E-state index contributed by atoms with van der Waals surface area (Å²) in [6.07, 6.45) is 3.56. The van der Waals surface area contributed by atoms with Gasteiger partial charge in [-0.2, -0.15) is 0 Å². The summed E-state index contributed by atoms with van der Waals surface area (Å²) in [5.41, 5.74) is 0. The number of ether oxygens (including phenoxy) is 1. The molecule has 0 aliphatic carbocycles. The van der Waals surface area contributed by atoms with Crippen LogP contribution in [0.25, 0.3) is 0 Å². The van der Waals surface area contributed by atoms with E-state index >= 15 is 0 Å². The number of hydrogen-bond acceptors (Lipinski definition) is 4. The molecule has 0 spiro atoms. The first-order chi connectivity index (χ1) is 9.67. The van der Waals surface area contributed by atoms with Crippen LogP contribution < -0.4 is 0 Å². The first-order valence-corrected chi connectivity index (χ1v) is 8.05. The van der Waals surface area contributed by atoms with Gasteiger partial charge in [0.1, 0.15) is 6.04 Å². The van der Waals surface area contributed by atoms with Crippen LogP contribution in [0.4, 0.5) is 0 Å². The highest BCUT2D eigenvalue weighted by molar-refractivity contribution is 7.14. The van der Waals surface area contributed by atoms with Crippen LogP contribution in [0.1, 0.15) is 47.7 Å². The Morgan fingerprint density at radius 2 is 2.15 bits per heavy atom. The van der Waals surface area contributed by atoms with Gasteiger partial charge in [0, 0.05) is 11.4 Å². The molecule has 2 heterocycles. The van der Waals surface area contributed by atoms with Gasteiger partial charge in [0.15, 0.2) is 0 Å². The molecule has 0 saturated carbocycles. The molecule has 110 valence electrons. The molecule has 1 aliphatic heterocycles. The first kappa shape index (κ1) is 15.0. The lowest BCUT2D eigenvalue weighted by Gasteiger charge is -2.33. The number of carbonyl (C=O) groups excluding carboxylic acids is 2. The van der Waals surface area contributed by atoms with Crippen molar-refractivity contribution in [1.29, 1.82) is 0 Å². The van der Waals surface area contributed by atoms with Gasteiger partial charge in [-0.25, -0.2) is 4.79 Å². The fourth-order valence-corrected chi connectivity index (χ4v) is 3.39. The molecule has 2 rings (SSSR count). The summed E-state index contributed by atoms with van der Waals surface area (Å²) in [7, 11) is 0. The Bertz CT molecular complexity index is 483. The van der Waals surface area contributed by atoms with Crippen LogP contribution in [0.5, 0.6) is 0 Å². The third-order valence-corrected chi connectivity index (χ3v) is 4.76. The summed E-state index contributed by atoms with van der Waals surface area (Å²) in [4.78, 5) is 28.2. The van der Waals surface area contributed by atoms with Crippen LogP contribution in [0.3, 0.4) is 0 Å².